The van der Waals surface area contributed by atoms with Crippen molar-refractivity contribution in [3.05, 3.63) is 30.2 Å². The van der Waals surface area contributed by atoms with Crippen molar-refractivity contribution >= 4 is 11.6 Å². The number of aromatic nitrogens is 3. The van der Waals surface area contributed by atoms with Gasteiger partial charge in [-0.2, -0.15) is 0 Å². The zero-order valence-corrected chi connectivity index (χ0v) is 16.5. The third kappa shape index (κ3) is 3.40. The molecule has 2 aromatic heterocycles. The molecule has 1 saturated heterocycles. The minimum atomic E-state index is 0.151. The normalized spacial score (nSPS) is 26.6. The first-order chi connectivity index (χ1) is 13.1. The van der Waals surface area contributed by atoms with Crippen LogP contribution >= 0.6 is 0 Å². The van der Waals surface area contributed by atoms with Crippen LogP contribution in [0.3, 0.4) is 0 Å². The molecular weight excluding hydrogens is 340 g/mol. The van der Waals surface area contributed by atoms with Crippen LogP contribution < -0.4 is 10.6 Å². The molecule has 3 unspecified atom stereocenters. The summed E-state index contributed by atoms with van der Waals surface area (Å²) in [6.07, 6.45) is 5.35. The number of nitrogens with one attached hydrogen (secondary N) is 2. The molecule has 1 aliphatic carbocycles. The Labute approximate surface area is 160 Å². The van der Waals surface area contributed by atoms with Gasteiger partial charge in [-0.25, -0.2) is 0 Å². The lowest BCUT2D eigenvalue weighted by Gasteiger charge is -2.54. The average Bonchev–Trinajstić information content (AvgIpc) is 3.29. The van der Waals surface area contributed by atoms with Crippen molar-refractivity contribution in [3.8, 4) is 0 Å². The first-order valence-corrected chi connectivity index (χ1v) is 10.1. The lowest BCUT2D eigenvalue weighted by atomic mass is 9.57. The Morgan fingerprint density at radius 3 is 3.11 bits per heavy atom. The first-order valence-electron chi connectivity index (χ1n) is 10.1. The van der Waals surface area contributed by atoms with E-state index >= 15 is 0 Å². The van der Waals surface area contributed by atoms with Crippen molar-refractivity contribution in [2.75, 3.05) is 19.7 Å². The summed E-state index contributed by atoms with van der Waals surface area (Å²) < 4.78 is 7.94. The number of nitrogens with zero attached hydrogens (tertiary/aromatic N) is 4. The van der Waals surface area contributed by atoms with E-state index in [0.717, 1.165) is 56.4 Å². The number of hydrogen-bond donors (Lipinski definition) is 2. The molecule has 2 fully saturated rings. The Balaban J connectivity index is 1.34. The third-order valence-electron chi connectivity index (χ3n) is 5.95. The van der Waals surface area contributed by atoms with Crippen LogP contribution in [-0.4, -0.2) is 52.4 Å². The Bertz CT molecular complexity index is 814. The van der Waals surface area contributed by atoms with Crippen LogP contribution in [0.5, 0.6) is 0 Å². The van der Waals surface area contributed by atoms with Crippen LogP contribution in [0.4, 0.5) is 0 Å². The van der Waals surface area contributed by atoms with Gasteiger partial charge in [-0.1, -0.05) is 19.9 Å². The highest BCUT2D eigenvalue weighted by Gasteiger charge is 2.59. The van der Waals surface area contributed by atoms with E-state index < -0.39 is 0 Å². The van der Waals surface area contributed by atoms with Crippen LogP contribution in [0.2, 0.25) is 0 Å². The van der Waals surface area contributed by atoms with Gasteiger partial charge >= 0.3 is 0 Å². The van der Waals surface area contributed by atoms with E-state index in [2.05, 4.69) is 41.6 Å². The zero-order chi connectivity index (χ0) is 18.9. The van der Waals surface area contributed by atoms with E-state index in [9.17, 15) is 0 Å². The molecule has 146 valence electrons. The standard InChI is InChI=1S/C20H30N6O/c1-4-21-19(23-17-14-10-13-27-18(14)20(17,2)3)22-11-7-9-16-25-24-15-8-5-6-12-26(15)16/h5-6,8,12,14,17-18H,4,7,9-11,13H2,1-3H3,(H2,21,22,23). The van der Waals surface area contributed by atoms with Crippen molar-refractivity contribution in [3.63, 3.8) is 0 Å². The van der Waals surface area contributed by atoms with Crippen molar-refractivity contribution < 1.29 is 4.74 Å². The fourth-order valence-electron chi connectivity index (χ4n) is 4.57. The van der Waals surface area contributed by atoms with E-state index in [1.807, 2.05) is 28.8 Å². The highest BCUT2D eigenvalue weighted by atomic mass is 16.5. The molecule has 3 heterocycles. The van der Waals surface area contributed by atoms with E-state index in [1.165, 1.54) is 0 Å². The molecule has 0 radical (unpaired) electrons. The van der Waals surface area contributed by atoms with Crippen LogP contribution in [0.25, 0.3) is 5.65 Å². The topological polar surface area (TPSA) is 75.8 Å². The van der Waals surface area contributed by atoms with E-state index in [0.29, 0.717) is 18.1 Å². The molecule has 27 heavy (non-hydrogen) atoms. The Hall–Kier alpha value is -2.15. The molecule has 0 aromatic carbocycles. The summed E-state index contributed by atoms with van der Waals surface area (Å²) in [7, 11) is 0. The lowest BCUT2D eigenvalue weighted by molar-refractivity contribution is -0.106. The summed E-state index contributed by atoms with van der Waals surface area (Å²) >= 11 is 0. The number of ether oxygens (including phenoxy) is 1. The monoisotopic (exact) mass is 370 g/mol. The lowest BCUT2D eigenvalue weighted by Crippen LogP contribution is -2.67. The number of aryl methyl sites for hydroxylation is 1. The summed E-state index contributed by atoms with van der Waals surface area (Å²) in [6.45, 7) is 9.19. The highest BCUT2D eigenvalue weighted by molar-refractivity contribution is 5.80. The van der Waals surface area contributed by atoms with E-state index in [-0.39, 0.29) is 5.41 Å². The van der Waals surface area contributed by atoms with E-state index in [1.54, 1.807) is 0 Å². The summed E-state index contributed by atoms with van der Waals surface area (Å²) in [5.74, 6) is 2.50. The summed E-state index contributed by atoms with van der Waals surface area (Å²) in [6, 6.07) is 6.38. The molecule has 4 rings (SSSR count). The maximum atomic E-state index is 5.90. The molecule has 2 N–H and O–H groups in total. The van der Waals surface area contributed by atoms with Gasteiger partial charge in [0.15, 0.2) is 11.6 Å². The van der Waals surface area contributed by atoms with Crippen molar-refractivity contribution in [1.82, 2.24) is 25.2 Å². The molecule has 0 bridgehead atoms. The first kappa shape index (κ1) is 18.2. The van der Waals surface area contributed by atoms with Gasteiger partial charge in [0.05, 0.1) is 6.10 Å². The predicted molar refractivity (Wildman–Crippen MR) is 106 cm³/mol. The predicted octanol–water partition coefficient (Wildman–Crippen LogP) is 2.03. The molecule has 1 saturated carbocycles. The molecule has 1 aliphatic heterocycles. The molecule has 2 aliphatic rings. The molecular formula is C20H30N6O. The molecule has 7 nitrogen and oxygen atoms in total. The van der Waals surface area contributed by atoms with Crippen molar-refractivity contribution in [1.29, 1.82) is 0 Å². The number of aliphatic imine (C=N–C) groups is 1. The van der Waals surface area contributed by atoms with Crippen LogP contribution in [0, 0.1) is 11.3 Å². The van der Waals surface area contributed by atoms with Gasteiger partial charge < -0.3 is 15.4 Å². The number of fused-ring (bicyclic) bond motifs is 2. The van der Waals surface area contributed by atoms with Gasteiger partial charge in [-0.3, -0.25) is 9.39 Å². The number of hydrogen-bond acceptors (Lipinski definition) is 4. The third-order valence-corrected chi connectivity index (χ3v) is 5.95. The van der Waals surface area contributed by atoms with Gasteiger partial charge in [0.25, 0.3) is 0 Å². The molecule has 3 atom stereocenters. The van der Waals surface area contributed by atoms with Gasteiger partial charge in [0.2, 0.25) is 0 Å². The van der Waals surface area contributed by atoms with Crippen LogP contribution in [0.15, 0.2) is 29.4 Å². The van der Waals surface area contributed by atoms with Gasteiger partial charge in [-0.05, 0) is 31.9 Å². The molecule has 0 amide bonds. The second-order valence-electron chi connectivity index (χ2n) is 8.10. The largest absolute Gasteiger partial charge is 0.377 e. The summed E-state index contributed by atoms with van der Waals surface area (Å²) in [5.41, 5.74) is 1.05. The average molecular weight is 371 g/mol. The van der Waals surface area contributed by atoms with Crippen LogP contribution in [-0.2, 0) is 11.2 Å². The maximum Gasteiger partial charge on any atom is 0.191 e. The van der Waals surface area contributed by atoms with E-state index in [4.69, 9.17) is 9.73 Å². The Kier molecular flexibility index (Phi) is 5.04. The van der Waals surface area contributed by atoms with Gasteiger partial charge in [-0.15, -0.1) is 10.2 Å². The smallest absolute Gasteiger partial charge is 0.191 e. The van der Waals surface area contributed by atoms with Crippen molar-refractivity contribution in [2.45, 2.75) is 52.2 Å². The SMILES string of the molecule is CCNC(=NCCCc1nnc2ccccn12)NC1C2CCOC2C1(C)C. The fourth-order valence-corrected chi connectivity index (χ4v) is 4.57. The second kappa shape index (κ2) is 7.46. The number of guanidine groups is 1. The van der Waals surface area contributed by atoms with Crippen LogP contribution in [0.1, 0.15) is 39.4 Å². The van der Waals surface area contributed by atoms with Crippen molar-refractivity contribution in [2.24, 2.45) is 16.3 Å². The summed E-state index contributed by atoms with van der Waals surface area (Å²) in [4.78, 5) is 4.79. The van der Waals surface area contributed by atoms with Gasteiger partial charge in [0, 0.05) is 49.7 Å². The zero-order valence-electron chi connectivity index (χ0n) is 16.5. The van der Waals surface area contributed by atoms with Gasteiger partial charge in [0.1, 0.15) is 5.82 Å². The Morgan fingerprint density at radius 1 is 1.37 bits per heavy atom. The Morgan fingerprint density at radius 2 is 2.26 bits per heavy atom. The fraction of sp³-hybridized carbons (Fsp3) is 0.650. The molecule has 0 spiro atoms. The number of rotatable bonds is 6. The molecule has 2 aromatic rings. The quantitative estimate of drug-likeness (QED) is 0.462. The minimum absolute atomic E-state index is 0.151. The number of pyridine rings is 1. The molecule has 7 heteroatoms. The second-order valence-corrected chi connectivity index (χ2v) is 8.10. The summed E-state index contributed by atoms with van der Waals surface area (Å²) in [5, 5.41) is 15.6. The highest BCUT2D eigenvalue weighted by Crippen LogP contribution is 2.52. The maximum absolute atomic E-state index is 5.90. The minimum Gasteiger partial charge on any atom is -0.377 e.